The lowest BCUT2D eigenvalue weighted by molar-refractivity contribution is -0.117. The Morgan fingerprint density at radius 1 is 0.967 bits per heavy atom. The first-order chi connectivity index (χ1) is 14.5. The fourth-order valence-electron chi connectivity index (χ4n) is 2.82. The number of methoxy groups -OCH3 is 2. The van der Waals surface area contributed by atoms with Crippen LogP contribution < -0.4 is 25.1 Å². The molecular weight excluding hydrogens is 386 g/mol. The Balaban J connectivity index is 1.77. The molecular formula is C22H23N3O5. The van der Waals surface area contributed by atoms with E-state index in [1.54, 1.807) is 24.3 Å². The van der Waals surface area contributed by atoms with E-state index >= 15 is 0 Å². The number of carbonyl (C=O) groups excluding carboxylic acids is 1. The van der Waals surface area contributed by atoms with Gasteiger partial charge in [0.2, 0.25) is 5.91 Å². The summed E-state index contributed by atoms with van der Waals surface area (Å²) in [5, 5.41) is 7.05. The average molecular weight is 409 g/mol. The number of nitrogens with zero attached hydrogens (tertiary/aromatic N) is 2. The number of amides is 1. The standard InChI is InChI=1S/C22H23N3O5/c1-4-30-17-7-5-15(6-8-17)20-9-10-22(27)25(24-20)14-21(26)23-16-11-18(28-2)13-19(12-16)29-3/h5-13H,4,14H2,1-3H3,(H,23,26). The summed E-state index contributed by atoms with van der Waals surface area (Å²) >= 11 is 0. The van der Waals surface area contributed by atoms with Gasteiger partial charge in [0.15, 0.2) is 0 Å². The van der Waals surface area contributed by atoms with Crippen LogP contribution in [0.5, 0.6) is 17.2 Å². The number of aromatic nitrogens is 2. The van der Waals surface area contributed by atoms with Crippen molar-refractivity contribution in [1.82, 2.24) is 9.78 Å². The van der Waals surface area contributed by atoms with Crippen LogP contribution in [-0.2, 0) is 11.3 Å². The maximum absolute atomic E-state index is 12.5. The number of anilines is 1. The average Bonchev–Trinajstić information content (AvgIpc) is 2.75. The Morgan fingerprint density at radius 2 is 1.63 bits per heavy atom. The molecule has 0 unspecified atom stereocenters. The van der Waals surface area contributed by atoms with E-state index in [-0.39, 0.29) is 12.1 Å². The lowest BCUT2D eigenvalue weighted by atomic mass is 10.1. The molecule has 0 aliphatic rings. The van der Waals surface area contributed by atoms with Crippen molar-refractivity contribution in [1.29, 1.82) is 0 Å². The van der Waals surface area contributed by atoms with Crippen molar-refractivity contribution in [3.05, 3.63) is 65.0 Å². The maximum atomic E-state index is 12.5. The Bertz CT molecular complexity index is 1050. The van der Waals surface area contributed by atoms with Gasteiger partial charge in [-0.1, -0.05) is 0 Å². The molecule has 156 valence electrons. The number of hydrogen-bond acceptors (Lipinski definition) is 6. The van der Waals surface area contributed by atoms with Crippen LogP contribution in [0.3, 0.4) is 0 Å². The van der Waals surface area contributed by atoms with Crippen molar-refractivity contribution in [3.8, 4) is 28.5 Å². The van der Waals surface area contributed by atoms with Crippen molar-refractivity contribution in [2.45, 2.75) is 13.5 Å². The van der Waals surface area contributed by atoms with E-state index in [1.165, 1.54) is 20.3 Å². The highest BCUT2D eigenvalue weighted by Crippen LogP contribution is 2.25. The number of ether oxygens (including phenoxy) is 3. The Morgan fingerprint density at radius 3 is 2.23 bits per heavy atom. The topological polar surface area (TPSA) is 91.7 Å². The zero-order chi connectivity index (χ0) is 21.5. The highest BCUT2D eigenvalue weighted by atomic mass is 16.5. The predicted octanol–water partition coefficient (Wildman–Crippen LogP) is 2.96. The molecule has 0 aliphatic heterocycles. The van der Waals surface area contributed by atoms with Crippen LogP contribution >= 0.6 is 0 Å². The molecule has 0 radical (unpaired) electrons. The summed E-state index contributed by atoms with van der Waals surface area (Å²) in [6, 6.07) is 15.4. The quantitative estimate of drug-likeness (QED) is 0.615. The monoisotopic (exact) mass is 409 g/mol. The van der Waals surface area contributed by atoms with Gasteiger partial charge in [-0.15, -0.1) is 0 Å². The number of carbonyl (C=O) groups is 1. The summed E-state index contributed by atoms with van der Waals surface area (Å²) in [6.45, 7) is 2.26. The summed E-state index contributed by atoms with van der Waals surface area (Å²) in [5.41, 5.74) is 1.51. The van der Waals surface area contributed by atoms with Crippen molar-refractivity contribution in [2.24, 2.45) is 0 Å². The summed E-state index contributed by atoms with van der Waals surface area (Å²) in [4.78, 5) is 24.7. The van der Waals surface area contributed by atoms with Crippen LogP contribution in [0.2, 0.25) is 0 Å². The minimum atomic E-state index is -0.399. The zero-order valence-electron chi connectivity index (χ0n) is 17.0. The molecule has 1 amide bonds. The van der Waals surface area contributed by atoms with E-state index in [0.29, 0.717) is 29.5 Å². The lowest BCUT2D eigenvalue weighted by Gasteiger charge is -2.11. The van der Waals surface area contributed by atoms with E-state index in [1.807, 2.05) is 31.2 Å². The van der Waals surface area contributed by atoms with Crippen LogP contribution in [0.15, 0.2) is 59.4 Å². The van der Waals surface area contributed by atoms with Gasteiger partial charge in [-0.2, -0.15) is 5.10 Å². The molecule has 0 spiro atoms. The van der Waals surface area contributed by atoms with Crippen molar-refractivity contribution in [3.63, 3.8) is 0 Å². The normalized spacial score (nSPS) is 10.4. The fraction of sp³-hybridized carbons (Fsp3) is 0.227. The molecule has 3 aromatic rings. The molecule has 0 bridgehead atoms. The van der Waals surface area contributed by atoms with Crippen LogP contribution in [0.1, 0.15) is 6.92 Å². The van der Waals surface area contributed by atoms with Gasteiger partial charge in [0.25, 0.3) is 5.56 Å². The van der Waals surface area contributed by atoms with E-state index in [2.05, 4.69) is 10.4 Å². The molecule has 0 aliphatic carbocycles. The summed E-state index contributed by atoms with van der Waals surface area (Å²) in [7, 11) is 3.05. The van der Waals surface area contributed by atoms with Crippen LogP contribution in [-0.4, -0.2) is 36.5 Å². The third-order valence-electron chi connectivity index (χ3n) is 4.26. The molecule has 3 rings (SSSR count). The second kappa shape index (κ2) is 9.60. The molecule has 30 heavy (non-hydrogen) atoms. The van der Waals surface area contributed by atoms with E-state index in [4.69, 9.17) is 14.2 Å². The summed E-state index contributed by atoms with van der Waals surface area (Å²) in [6.07, 6.45) is 0. The van der Waals surface area contributed by atoms with Gasteiger partial charge < -0.3 is 19.5 Å². The highest BCUT2D eigenvalue weighted by molar-refractivity contribution is 5.91. The SMILES string of the molecule is CCOc1ccc(-c2ccc(=O)n(CC(=O)Nc3cc(OC)cc(OC)c3)n2)cc1. The molecule has 8 nitrogen and oxygen atoms in total. The number of rotatable bonds is 8. The predicted molar refractivity (Wildman–Crippen MR) is 113 cm³/mol. The van der Waals surface area contributed by atoms with Crippen LogP contribution in [0, 0.1) is 0 Å². The van der Waals surface area contributed by atoms with Gasteiger partial charge in [0, 0.05) is 35.5 Å². The molecule has 1 heterocycles. The molecule has 0 fully saturated rings. The first-order valence-corrected chi connectivity index (χ1v) is 9.36. The first kappa shape index (κ1) is 20.9. The van der Waals surface area contributed by atoms with Crippen LogP contribution in [0.25, 0.3) is 11.3 Å². The number of benzene rings is 2. The van der Waals surface area contributed by atoms with Gasteiger partial charge in [0.05, 0.1) is 26.5 Å². The highest BCUT2D eigenvalue weighted by Gasteiger charge is 2.10. The summed E-state index contributed by atoms with van der Waals surface area (Å²) < 4.78 is 17.0. The third kappa shape index (κ3) is 5.16. The van der Waals surface area contributed by atoms with E-state index in [0.717, 1.165) is 16.0 Å². The maximum Gasteiger partial charge on any atom is 0.267 e. The molecule has 0 saturated carbocycles. The second-order valence-corrected chi connectivity index (χ2v) is 6.32. The van der Waals surface area contributed by atoms with E-state index in [9.17, 15) is 9.59 Å². The van der Waals surface area contributed by atoms with Crippen LogP contribution in [0.4, 0.5) is 5.69 Å². The minimum absolute atomic E-state index is 0.233. The minimum Gasteiger partial charge on any atom is -0.497 e. The fourth-order valence-corrected chi connectivity index (χ4v) is 2.82. The van der Waals surface area contributed by atoms with Crippen molar-refractivity contribution < 1.29 is 19.0 Å². The Hall–Kier alpha value is -3.81. The van der Waals surface area contributed by atoms with Gasteiger partial charge in [-0.25, -0.2) is 4.68 Å². The van der Waals surface area contributed by atoms with Crippen molar-refractivity contribution >= 4 is 11.6 Å². The van der Waals surface area contributed by atoms with E-state index < -0.39 is 5.91 Å². The smallest absolute Gasteiger partial charge is 0.267 e. The Labute approximate surface area is 174 Å². The second-order valence-electron chi connectivity index (χ2n) is 6.32. The third-order valence-corrected chi connectivity index (χ3v) is 4.26. The largest absolute Gasteiger partial charge is 0.497 e. The van der Waals surface area contributed by atoms with Gasteiger partial charge in [-0.3, -0.25) is 9.59 Å². The zero-order valence-corrected chi connectivity index (χ0v) is 17.0. The molecule has 2 aromatic carbocycles. The molecule has 0 atom stereocenters. The molecule has 1 N–H and O–H groups in total. The van der Waals surface area contributed by atoms with Crippen molar-refractivity contribution in [2.75, 3.05) is 26.1 Å². The van der Waals surface area contributed by atoms with Gasteiger partial charge in [-0.05, 0) is 37.3 Å². The lowest BCUT2D eigenvalue weighted by Crippen LogP contribution is -2.29. The molecule has 1 aromatic heterocycles. The molecule has 8 heteroatoms. The summed E-state index contributed by atoms with van der Waals surface area (Å²) in [5.74, 6) is 1.43. The molecule has 0 saturated heterocycles. The van der Waals surface area contributed by atoms with Gasteiger partial charge in [0.1, 0.15) is 23.8 Å². The first-order valence-electron chi connectivity index (χ1n) is 9.36. The number of nitrogens with one attached hydrogen (secondary N) is 1. The number of hydrogen-bond donors (Lipinski definition) is 1. The Kier molecular flexibility index (Phi) is 6.69. The van der Waals surface area contributed by atoms with Gasteiger partial charge >= 0.3 is 0 Å².